The molecular formula is C29H26O15. The van der Waals surface area contributed by atoms with Gasteiger partial charge in [0.2, 0.25) is 6.29 Å². The maximum atomic E-state index is 12.9. The van der Waals surface area contributed by atoms with Crippen LogP contribution in [-0.2, 0) is 23.7 Å². The molecule has 0 bridgehead atoms. The van der Waals surface area contributed by atoms with Crippen molar-refractivity contribution >= 4 is 24.0 Å². The minimum atomic E-state index is -2.05. The SMILES string of the molecule is O=C(/C=C/c1ccccc1)OC[C@H]1O[C@@H](OC(=O)c2cc(O)c(O)c(O)c2)[C@H](OC(=O)c2cc(O)c(O)c(O)c2)[C@@H](O)[C@@H]1O. The molecule has 8 N–H and O–H groups in total. The topological polar surface area (TPSA) is 250 Å². The van der Waals surface area contributed by atoms with E-state index >= 15 is 0 Å². The van der Waals surface area contributed by atoms with E-state index in [4.69, 9.17) is 18.9 Å². The van der Waals surface area contributed by atoms with Crippen molar-refractivity contribution in [2.45, 2.75) is 30.7 Å². The van der Waals surface area contributed by atoms with E-state index in [1.807, 2.05) is 0 Å². The van der Waals surface area contributed by atoms with Crippen molar-refractivity contribution in [2.24, 2.45) is 0 Å². The Kier molecular flexibility index (Phi) is 9.43. The van der Waals surface area contributed by atoms with Crippen molar-refractivity contribution in [3.05, 3.63) is 77.4 Å². The Balaban J connectivity index is 1.55. The molecule has 4 rings (SSSR count). The first-order valence-corrected chi connectivity index (χ1v) is 12.7. The quantitative estimate of drug-likeness (QED) is 0.0763. The van der Waals surface area contributed by atoms with E-state index in [0.717, 1.165) is 30.3 Å². The maximum Gasteiger partial charge on any atom is 0.340 e. The van der Waals surface area contributed by atoms with Crippen LogP contribution in [0.25, 0.3) is 6.08 Å². The van der Waals surface area contributed by atoms with Gasteiger partial charge in [-0.05, 0) is 35.9 Å². The molecule has 0 aromatic heterocycles. The Morgan fingerprint density at radius 2 is 1.23 bits per heavy atom. The van der Waals surface area contributed by atoms with Gasteiger partial charge in [-0.3, -0.25) is 0 Å². The first-order chi connectivity index (χ1) is 20.8. The number of carbonyl (C=O) groups is 3. The lowest BCUT2D eigenvalue weighted by atomic mass is 9.99. The molecule has 0 spiro atoms. The maximum absolute atomic E-state index is 12.9. The summed E-state index contributed by atoms with van der Waals surface area (Å²) in [5.74, 6) is -8.94. The average Bonchev–Trinajstić information content (AvgIpc) is 3.00. The van der Waals surface area contributed by atoms with Gasteiger partial charge >= 0.3 is 17.9 Å². The number of aliphatic hydroxyl groups is 2. The lowest BCUT2D eigenvalue weighted by molar-refractivity contribution is -0.285. The molecule has 5 atom stereocenters. The fourth-order valence-corrected chi connectivity index (χ4v) is 4.01. The van der Waals surface area contributed by atoms with Crippen LogP contribution in [0.3, 0.4) is 0 Å². The molecule has 44 heavy (non-hydrogen) atoms. The summed E-state index contributed by atoms with van der Waals surface area (Å²) >= 11 is 0. The summed E-state index contributed by atoms with van der Waals surface area (Å²) in [6, 6.07) is 11.6. The monoisotopic (exact) mass is 614 g/mol. The lowest BCUT2D eigenvalue weighted by Crippen LogP contribution is -2.61. The Labute approximate surface area is 247 Å². The van der Waals surface area contributed by atoms with Crippen LogP contribution in [0.4, 0.5) is 0 Å². The zero-order chi connectivity index (χ0) is 32.1. The van der Waals surface area contributed by atoms with E-state index in [2.05, 4.69) is 0 Å². The fraction of sp³-hybridized carbons (Fsp3) is 0.207. The summed E-state index contributed by atoms with van der Waals surface area (Å²) < 4.78 is 21.0. The number of hydrogen-bond acceptors (Lipinski definition) is 15. The molecule has 1 aliphatic rings. The molecule has 15 heteroatoms. The number of phenolic OH excluding ortho intramolecular Hbond substituents is 6. The summed E-state index contributed by atoms with van der Waals surface area (Å²) in [6.45, 7) is -0.675. The third-order valence-electron chi connectivity index (χ3n) is 6.32. The van der Waals surface area contributed by atoms with Gasteiger partial charge in [0.15, 0.2) is 40.6 Å². The molecule has 0 amide bonds. The van der Waals surface area contributed by atoms with Crippen molar-refractivity contribution in [3.63, 3.8) is 0 Å². The first kappa shape index (κ1) is 31.4. The number of aromatic hydroxyl groups is 6. The second kappa shape index (κ2) is 13.2. The summed E-state index contributed by atoms with van der Waals surface area (Å²) in [6.07, 6.45) is -6.94. The molecule has 0 aliphatic carbocycles. The summed E-state index contributed by atoms with van der Waals surface area (Å²) in [5.41, 5.74) is -0.360. The number of carbonyl (C=O) groups excluding carboxylic acids is 3. The lowest BCUT2D eigenvalue weighted by Gasteiger charge is -2.41. The van der Waals surface area contributed by atoms with Crippen molar-refractivity contribution in [1.29, 1.82) is 0 Å². The Hall–Kier alpha value is -5.51. The second-order valence-electron chi connectivity index (χ2n) is 9.40. The highest BCUT2D eigenvalue weighted by molar-refractivity contribution is 5.92. The number of benzene rings is 3. The molecule has 1 fully saturated rings. The molecule has 0 saturated carbocycles. The highest BCUT2D eigenvalue weighted by Gasteiger charge is 2.49. The van der Waals surface area contributed by atoms with Crippen LogP contribution in [0.15, 0.2) is 60.7 Å². The van der Waals surface area contributed by atoms with E-state index in [-0.39, 0.29) is 0 Å². The van der Waals surface area contributed by atoms with Crippen LogP contribution in [0, 0.1) is 0 Å². The highest BCUT2D eigenvalue weighted by Crippen LogP contribution is 2.37. The molecular weight excluding hydrogens is 588 g/mol. The first-order valence-electron chi connectivity index (χ1n) is 12.7. The van der Waals surface area contributed by atoms with Gasteiger partial charge in [-0.1, -0.05) is 30.3 Å². The van der Waals surface area contributed by atoms with Crippen LogP contribution in [0.1, 0.15) is 26.3 Å². The van der Waals surface area contributed by atoms with E-state index < -0.39 is 101 Å². The minimum absolute atomic E-state index is 0.519. The Morgan fingerprint density at radius 1 is 0.727 bits per heavy atom. The molecule has 3 aromatic rings. The number of ether oxygens (including phenoxy) is 4. The molecule has 0 radical (unpaired) electrons. The van der Waals surface area contributed by atoms with Crippen LogP contribution in [0.5, 0.6) is 34.5 Å². The second-order valence-corrected chi connectivity index (χ2v) is 9.40. The number of esters is 3. The van der Waals surface area contributed by atoms with Gasteiger partial charge < -0.3 is 59.8 Å². The fourth-order valence-electron chi connectivity index (χ4n) is 4.01. The van der Waals surface area contributed by atoms with E-state index in [0.29, 0.717) is 5.56 Å². The van der Waals surface area contributed by atoms with E-state index in [9.17, 15) is 55.2 Å². The normalized spacial score (nSPS) is 21.5. The van der Waals surface area contributed by atoms with Gasteiger partial charge in [0.1, 0.15) is 24.9 Å². The van der Waals surface area contributed by atoms with E-state index in [1.165, 1.54) is 6.08 Å². The van der Waals surface area contributed by atoms with Crippen molar-refractivity contribution in [1.82, 2.24) is 0 Å². The van der Waals surface area contributed by atoms with Gasteiger partial charge in [-0.2, -0.15) is 0 Å². The molecule has 15 nitrogen and oxygen atoms in total. The predicted octanol–water partition coefficient (Wildman–Crippen LogP) is 1.01. The van der Waals surface area contributed by atoms with Crippen LogP contribution in [-0.4, -0.2) is 96.1 Å². The van der Waals surface area contributed by atoms with E-state index in [1.54, 1.807) is 30.3 Å². The van der Waals surface area contributed by atoms with Gasteiger partial charge in [0.05, 0.1) is 11.1 Å². The standard InChI is InChI=1S/C29H26O15/c30-16-8-14(9-17(31)22(16)35)27(39)43-26-25(38)24(37)20(12-41-21(34)7-6-13-4-2-1-3-5-13)42-29(26)44-28(40)15-10-18(32)23(36)19(33)11-15/h1-11,20,24-26,29-33,35-38H,12H2/b7-6+/t20-,24-,25+,26-,29+/m1/s1. The Bertz CT molecular complexity index is 1520. The summed E-state index contributed by atoms with van der Waals surface area (Å²) in [5, 5.41) is 79.6. The summed E-state index contributed by atoms with van der Waals surface area (Å²) in [7, 11) is 0. The smallest absolute Gasteiger partial charge is 0.340 e. The van der Waals surface area contributed by atoms with Gasteiger partial charge in [0, 0.05) is 6.08 Å². The number of phenols is 6. The zero-order valence-corrected chi connectivity index (χ0v) is 22.4. The third kappa shape index (κ3) is 7.09. The minimum Gasteiger partial charge on any atom is -0.504 e. The predicted molar refractivity (Wildman–Crippen MR) is 145 cm³/mol. The molecule has 1 aliphatic heterocycles. The number of hydrogen-bond donors (Lipinski definition) is 8. The van der Waals surface area contributed by atoms with Gasteiger partial charge in [-0.15, -0.1) is 0 Å². The van der Waals surface area contributed by atoms with Crippen molar-refractivity contribution in [3.8, 4) is 34.5 Å². The molecule has 232 valence electrons. The average molecular weight is 615 g/mol. The molecule has 1 heterocycles. The van der Waals surface area contributed by atoms with Crippen molar-refractivity contribution in [2.75, 3.05) is 6.61 Å². The van der Waals surface area contributed by atoms with Crippen LogP contribution in [0.2, 0.25) is 0 Å². The van der Waals surface area contributed by atoms with Crippen LogP contribution >= 0.6 is 0 Å². The third-order valence-corrected chi connectivity index (χ3v) is 6.32. The van der Waals surface area contributed by atoms with Crippen molar-refractivity contribution < 1.29 is 74.2 Å². The highest BCUT2D eigenvalue weighted by atomic mass is 16.7. The Morgan fingerprint density at radius 3 is 1.75 bits per heavy atom. The molecule has 1 saturated heterocycles. The summed E-state index contributed by atoms with van der Waals surface area (Å²) in [4.78, 5) is 37.9. The zero-order valence-electron chi connectivity index (χ0n) is 22.4. The van der Waals surface area contributed by atoms with Gasteiger partial charge in [-0.25, -0.2) is 14.4 Å². The van der Waals surface area contributed by atoms with Gasteiger partial charge in [0.25, 0.3) is 0 Å². The molecule has 0 unspecified atom stereocenters. The number of rotatable bonds is 8. The number of aliphatic hydroxyl groups excluding tert-OH is 2. The molecule has 3 aromatic carbocycles. The van der Waals surface area contributed by atoms with Crippen LogP contribution < -0.4 is 0 Å². The largest absolute Gasteiger partial charge is 0.504 e.